The monoisotopic (exact) mass is 421 g/mol. The molecular weight excluding hydrogens is 393 g/mol. The van der Waals surface area contributed by atoms with E-state index in [1.54, 1.807) is 37.3 Å². The van der Waals surface area contributed by atoms with Gasteiger partial charge in [0, 0.05) is 19.5 Å². The van der Waals surface area contributed by atoms with Crippen LogP contribution in [-0.4, -0.2) is 46.4 Å². The van der Waals surface area contributed by atoms with Crippen molar-refractivity contribution >= 4 is 15.9 Å². The van der Waals surface area contributed by atoms with Gasteiger partial charge in [-0.15, -0.1) is 0 Å². The molecule has 2 N–H and O–H groups in total. The molecule has 0 saturated carbocycles. The second-order valence-corrected chi connectivity index (χ2v) is 8.99. The van der Waals surface area contributed by atoms with Crippen LogP contribution >= 0.6 is 0 Å². The summed E-state index contributed by atoms with van der Waals surface area (Å²) in [6.07, 6.45) is 0.00738. The van der Waals surface area contributed by atoms with E-state index in [-0.39, 0.29) is 35.6 Å². The Morgan fingerprint density at radius 1 is 1.14 bits per heavy atom. The lowest BCUT2D eigenvalue weighted by molar-refractivity contribution is -0.121. The van der Waals surface area contributed by atoms with Gasteiger partial charge in [0.1, 0.15) is 5.82 Å². The highest BCUT2D eigenvalue weighted by Crippen LogP contribution is 2.18. The molecule has 0 saturated heterocycles. The number of rotatable bonds is 9. The summed E-state index contributed by atoms with van der Waals surface area (Å²) in [6.45, 7) is 3.92. The zero-order valence-corrected chi connectivity index (χ0v) is 18.0. The Morgan fingerprint density at radius 3 is 2.48 bits per heavy atom. The van der Waals surface area contributed by atoms with Gasteiger partial charge in [0.2, 0.25) is 15.9 Å². The average Bonchev–Trinajstić information content (AvgIpc) is 2.61. The number of aryl methyl sites for hydroxylation is 2. The molecule has 0 fully saturated rings. The third-order valence-corrected chi connectivity index (χ3v) is 6.23. The van der Waals surface area contributed by atoms with Crippen molar-refractivity contribution in [1.29, 1.82) is 0 Å². The van der Waals surface area contributed by atoms with Crippen molar-refractivity contribution in [2.45, 2.75) is 31.2 Å². The van der Waals surface area contributed by atoms with Gasteiger partial charge >= 0.3 is 0 Å². The highest BCUT2D eigenvalue weighted by atomic mass is 32.2. The molecule has 2 aromatic rings. The van der Waals surface area contributed by atoms with Crippen LogP contribution in [0.3, 0.4) is 0 Å². The Balaban J connectivity index is 1.89. The minimum absolute atomic E-state index is 0.00587. The third-order valence-electron chi connectivity index (χ3n) is 4.61. The quantitative estimate of drug-likeness (QED) is 0.652. The fraction of sp³-hybridized carbons (Fsp3) is 0.381. The molecule has 0 aliphatic rings. The second-order valence-electron chi connectivity index (χ2n) is 7.26. The van der Waals surface area contributed by atoms with E-state index in [1.807, 2.05) is 25.9 Å². The summed E-state index contributed by atoms with van der Waals surface area (Å²) in [7, 11) is 0.0182. The Morgan fingerprint density at radius 2 is 1.86 bits per heavy atom. The van der Waals surface area contributed by atoms with E-state index in [0.29, 0.717) is 12.1 Å². The number of benzene rings is 2. The van der Waals surface area contributed by atoms with E-state index < -0.39 is 10.0 Å². The van der Waals surface area contributed by atoms with Crippen LogP contribution in [0.15, 0.2) is 47.4 Å². The molecule has 1 unspecified atom stereocenters. The molecule has 8 heteroatoms. The van der Waals surface area contributed by atoms with Gasteiger partial charge in [-0.2, -0.15) is 0 Å². The number of carbonyl (C=O) groups excluding carboxylic acids is 1. The number of amides is 1. The minimum atomic E-state index is -3.68. The van der Waals surface area contributed by atoms with Crippen LogP contribution in [0.1, 0.15) is 29.2 Å². The van der Waals surface area contributed by atoms with Gasteiger partial charge in [-0.25, -0.2) is 17.5 Å². The maximum absolute atomic E-state index is 13.5. The lowest BCUT2D eigenvalue weighted by atomic mass is 10.1. The van der Waals surface area contributed by atoms with Crippen LogP contribution in [0.4, 0.5) is 4.39 Å². The SMILES string of the molecule is Cc1ccc(S(=O)(=O)NCCC(=O)NCC(c2cccc(F)c2)N(C)C)c(C)c1. The van der Waals surface area contributed by atoms with Crippen molar-refractivity contribution < 1.29 is 17.6 Å². The van der Waals surface area contributed by atoms with Crippen molar-refractivity contribution in [3.05, 3.63) is 65.0 Å². The molecule has 2 rings (SSSR count). The first-order chi connectivity index (χ1) is 13.6. The third kappa shape index (κ3) is 6.62. The van der Waals surface area contributed by atoms with Crippen LogP contribution in [0, 0.1) is 19.7 Å². The van der Waals surface area contributed by atoms with Crippen LogP contribution < -0.4 is 10.0 Å². The predicted molar refractivity (Wildman–Crippen MR) is 112 cm³/mol. The molecule has 0 heterocycles. The van der Waals surface area contributed by atoms with Crippen LogP contribution in [0.5, 0.6) is 0 Å². The molecule has 0 aliphatic carbocycles. The first kappa shape index (κ1) is 23.0. The van der Waals surface area contributed by atoms with E-state index in [2.05, 4.69) is 10.0 Å². The molecule has 0 radical (unpaired) electrons. The predicted octanol–water partition coefficient (Wildman–Crippen LogP) is 2.53. The summed E-state index contributed by atoms with van der Waals surface area (Å²) in [6, 6.07) is 11.2. The molecule has 29 heavy (non-hydrogen) atoms. The largest absolute Gasteiger partial charge is 0.354 e. The van der Waals surface area contributed by atoms with Crippen LogP contribution in [0.25, 0.3) is 0 Å². The van der Waals surface area contributed by atoms with Gasteiger partial charge in [0.25, 0.3) is 0 Å². The Bertz CT molecular complexity index is 961. The van der Waals surface area contributed by atoms with E-state index in [4.69, 9.17) is 0 Å². The summed E-state index contributed by atoms with van der Waals surface area (Å²) in [5.41, 5.74) is 2.39. The van der Waals surface area contributed by atoms with Crippen molar-refractivity contribution in [1.82, 2.24) is 14.9 Å². The molecule has 2 aromatic carbocycles. The molecule has 1 amide bonds. The van der Waals surface area contributed by atoms with E-state index in [9.17, 15) is 17.6 Å². The van der Waals surface area contributed by atoms with Gasteiger partial charge in [-0.3, -0.25) is 4.79 Å². The lowest BCUT2D eigenvalue weighted by Crippen LogP contribution is -2.36. The normalized spacial score (nSPS) is 12.8. The summed E-state index contributed by atoms with van der Waals surface area (Å²) in [4.78, 5) is 14.3. The number of sulfonamides is 1. The van der Waals surface area contributed by atoms with E-state index >= 15 is 0 Å². The number of halogens is 1. The summed E-state index contributed by atoms with van der Waals surface area (Å²) < 4.78 is 40.8. The molecule has 6 nitrogen and oxygen atoms in total. The highest BCUT2D eigenvalue weighted by Gasteiger charge is 2.18. The average molecular weight is 422 g/mol. The molecule has 0 bridgehead atoms. The van der Waals surface area contributed by atoms with Gasteiger partial charge in [-0.1, -0.05) is 29.8 Å². The number of carbonyl (C=O) groups is 1. The smallest absolute Gasteiger partial charge is 0.240 e. The zero-order valence-electron chi connectivity index (χ0n) is 17.2. The Kier molecular flexibility index (Phi) is 7.89. The topological polar surface area (TPSA) is 78.5 Å². The summed E-state index contributed by atoms with van der Waals surface area (Å²) in [5.74, 6) is -0.613. The molecular formula is C21H28FN3O3S. The fourth-order valence-electron chi connectivity index (χ4n) is 3.09. The molecule has 0 spiro atoms. The number of hydrogen-bond donors (Lipinski definition) is 2. The Labute approximate surface area is 172 Å². The van der Waals surface area contributed by atoms with Crippen molar-refractivity contribution in [3.63, 3.8) is 0 Å². The number of nitrogens with zero attached hydrogens (tertiary/aromatic N) is 1. The number of hydrogen-bond acceptors (Lipinski definition) is 4. The van der Waals surface area contributed by atoms with Crippen molar-refractivity contribution in [3.8, 4) is 0 Å². The number of likely N-dealkylation sites (N-methyl/N-ethyl adjacent to an activating group) is 1. The lowest BCUT2D eigenvalue weighted by Gasteiger charge is -2.25. The van der Waals surface area contributed by atoms with Crippen molar-refractivity contribution in [2.24, 2.45) is 0 Å². The molecule has 1 atom stereocenters. The summed E-state index contributed by atoms with van der Waals surface area (Å²) in [5, 5.41) is 2.79. The number of nitrogens with one attached hydrogen (secondary N) is 2. The maximum atomic E-state index is 13.5. The van der Waals surface area contributed by atoms with Crippen molar-refractivity contribution in [2.75, 3.05) is 27.2 Å². The van der Waals surface area contributed by atoms with Gasteiger partial charge in [-0.05, 0) is 57.3 Å². The highest BCUT2D eigenvalue weighted by molar-refractivity contribution is 7.89. The molecule has 0 aliphatic heterocycles. The second kappa shape index (κ2) is 9.96. The molecule has 0 aromatic heterocycles. The standard InChI is InChI=1S/C21H28FN3O3S/c1-15-8-9-20(16(2)12-15)29(27,28)24-11-10-21(26)23-14-19(25(3)4)17-6-5-7-18(22)13-17/h5-9,12-13,19,24H,10-11,14H2,1-4H3,(H,23,26). The van der Waals surface area contributed by atoms with E-state index in [1.165, 1.54) is 12.1 Å². The fourth-order valence-corrected chi connectivity index (χ4v) is 4.35. The maximum Gasteiger partial charge on any atom is 0.240 e. The van der Waals surface area contributed by atoms with Gasteiger partial charge < -0.3 is 10.2 Å². The first-order valence-electron chi connectivity index (χ1n) is 9.35. The van der Waals surface area contributed by atoms with Gasteiger partial charge in [0.15, 0.2) is 0 Å². The van der Waals surface area contributed by atoms with Crippen LogP contribution in [0.2, 0.25) is 0 Å². The molecule has 158 valence electrons. The minimum Gasteiger partial charge on any atom is -0.354 e. The summed E-state index contributed by atoms with van der Waals surface area (Å²) >= 11 is 0. The van der Waals surface area contributed by atoms with Gasteiger partial charge in [0.05, 0.1) is 10.9 Å². The Hall–Kier alpha value is -2.29. The first-order valence-corrected chi connectivity index (χ1v) is 10.8. The zero-order chi connectivity index (χ0) is 21.6. The van der Waals surface area contributed by atoms with E-state index in [0.717, 1.165) is 11.1 Å². The van der Waals surface area contributed by atoms with Crippen LogP contribution in [-0.2, 0) is 14.8 Å².